The predicted molar refractivity (Wildman–Crippen MR) is 60.1 cm³/mol. The van der Waals surface area contributed by atoms with Crippen molar-refractivity contribution in [2.75, 3.05) is 13.1 Å². The van der Waals surface area contributed by atoms with E-state index in [0.717, 1.165) is 12.3 Å². The van der Waals surface area contributed by atoms with Crippen LogP contribution in [0.3, 0.4) is 0 Å². The number of aromatic nitrogens is 1. The average Bonchev–Trinajstić information content (AvgIpc) is 2.30. The molecule has 0 N–H and O–H groups in total. The Morgan fingerprint density at radius 1 is 1.39 bits per heavy atom. The molecule has 1 aromatic rings. The second-order valence-corrected chi connectivity index (χ2v) is 4.46. The molecule has 1 aliphatic rings. The Morgan fingerprint density at radius 2 is 2.00 bits per heavy atom. The number of ether oxygens (including phenoxy) is 1. The molecule has 98 valence electrons. The van der Waals surface area contributed by atoms with Crippen LogP contribution in [0.5, 0.6) is 0 Å². The SMILES string of the molecule is C[C@@H]1CN(C(=O)c2cnc(F)c(F)c2)C[C@H](C)O1. The van der Waals surface area contributed by atoms with E-state index < -0.39 is 11.8 Å². The number of nitrogens with zero attached hydrogens (tertiary/aromatic N) is 2. The summed E-state index contributed by atoms with van der Waals surface area (Å²) in [5, 5.41) is 0. The van der Waals surface area contributed by atoms with Crippen molar-refractivity contribution in [2.24, 2.45) is 0 Å². The number of carbonyl (C=O) groups is 1. The standard InChI is InChI=1S/C12H14F2N2O2/c1-7-5-16(6-8(2)18-7)12(17)9-3-10(13)11(14)15-4-9/h3-4,7-8H,5-6H2,1-2H3/t7-,8+. The van der Waals surface area contributed by atoms with Crippen molar-refractivity contribution in [3.63, 3.8) is 0 Å². The quantitative estimate of drug-likeness (QED) is 0.717. The maximum atomic E-state index is 13.0. The van der Waals surface area contributed by atoms with E-state index in [0.29, 0.717) is 13.1 Å². The van der Waals surface area contributed by atoms with Gasteiger partial charge in [-0.3, -0.25) is 4.79 Å². The summed E-state index contributed by atoms with van der Waals surface area (Å²) in [5.74, 6) is -2.67. The third kappa shape index (κ3) is 2.64. The number of pyridine rings is 1. The van der Waals surface area contributed by atoms with Crippen molar-refractivity contribution in [3.8, 4) is 0 Å². The van der Waals surface area contributed by atoms with E-state index in [1.54, 1.807) is 4.90 Å². The van der Waals surface area contributed by atoms with Crippen LogP contribution in [0.1, 0.15) is 24.2 Å². The van der Waals surface area contributed by atoms with Crippen LogP contribution in [0.15, 0.2) is 12.3 Å². The molecule has 0 bridgehead atoms. The molecule has 0 radical (unpaired) electrons. The molecule has 1 saturated heterocycles. The van der Waals surface area contributed by atoms with Crippen molar-refractivity contribution in [1.82, 2.24) is 9.88 Å². The Morgan fingerprint density at radius 3 is 2.56 bits per heavy atom. The van der Waals surface area contributed by atoms with Gasteiger partial charge in [0.25, 0.3) is 5.91 Å². The van der Waals surface area contributed by atoms with E-state index in [4.69, 9.17) is 4.74 Å². The highest BCUT2D eigenvalue weighted by Crippen LogP contribution is 2.15. The lowest BCUT2D eigenvalue weighted by atomic mass is 10.2. The van der Waals surface area contributed by atoms with Gasteiger partial charge >= 0.3 is 0 Å². The molecular formula is C12H14F2N2O2. The molecule has 6 heteroatoms. The third-order valence-electron chi connectivity index (χ3n) is 2.75. The first-order valence-corrected chi connectivity index (χ1v) is 5.73. The average molecular weight is 256 g/mol. The molecule has 1 aromatic heterocycles. The van der Waals surface area contributed by atoms with Crippen LogP contribution >= 0.6 is 0 Å². The summed E-state index contributed by atoms with van der Waals surface area (Å²) < 4.78 is 31.2. The summed E-state index contributed by atoms with van der Waals surface area (Å²) >= 11 is 0. The molecule has 0 unspecified atom stereocenters. The largest absolute Gasteiger partial charge is 0.372 e. The summed E-state index contributed by atoms with van der Waals surface area (Å²) in [5.41, 5.74) is 0.0511. The maximum Gasteiger partial charge on any atom is 0.255 e. The van der Waals surface area contributed by atoms with Gasteiger partial charge in [0.15, 0.2) is 5.82 Å². The maximum absolute atomic E-state index is 13.0. The normalized spacial score (nSPS) is 24.1. The lowest BCUT2D eigenvalue weighted by Crippen LogP contribution is -2.48. The Kier molecular flexibility index (Phi) is 3.56. The minimum atomic E-state index is -1.20. The van der Waals surface area contributed by atoms with E-state index in [9.17, 15) is 13.6 Å². The topological polar surface area (TPSA) is 42.4 Å². The zero-order valence-corrected chi connectivity index (χ0v) is 10.2. The number of rotatable bonds is 1. The highest BCUT2D eigenvalue weighted by atomic mass is 19.2. The van der Waals surface area contributed by atoms with Gasteiger partial charge in [0.05, 0.1) is 17.8 Å². The van der Waals surface area contributed by atoms with E-state index >= 15 is 0 Å². The second kappa shape index (κ2) is 4.97. The first-order chi connectivity index (χ1) is 8.47. The molecule has 4 nitrogen and oxygen atoms in total. The number of hydrogen-bond donors (Lipinski definition) is 0. The van der Waals surface area contributed by atoms with Gasteiger partial charge < -0.3 is 9.64 Å². The van der Waals surface area contributed by atoms with Gasteiger partial charge in [-0.25, -0.2) is 9.37 Å². The molecule has 18 heavy (non-hydrogen) atoms. The summed E-state index contributed by atoms with van der Waals surface area (Å²) in [6.45, 7) is 4.59. The Hall–Kier alpha value is -1.56. The van der Waals surface area contributed by atoms with Crippen LogP contribution < -0.4 is 0 Å². The minimum absolute atomic E-state index is 0.0511. The van der Waals surface area contributed by atoms with Gasteiger partial charge in [-0.1, -0.05) is 0 Å². The zero-order valence-electron chi connectivity index (χ0n) is 10.2. The van der Waals surface area contributed by atoms with E-state index in [1.807, 2.05) is 13.8 Å². The van der Waals surface area contributed by atoms with Crippen LogP contribution in [-0.2, 0) is 4.74 Å². The van der Waals surface area contributed by atoms with Gasteiger partial charge in [0.2, 0.25) is 5.95 Å². The Labute approximate surface area is 104 Å². The Balaban J connectivity index is 2.17. The molecule has 1 aliphatic heterocycles. The van der Waals surface area contributed by atoms with Gasteiger partial charge in [-0.15, -0.1) is 0 Å². The molecule has 0 spiro atoms. The monoisotopic (exact) mass is 256 g/mol. The van der Waals surface area contributed by atoms with Crippen molar-refractivity contribution in [3.05, 3.63) is 29.6 Å². The fourth-order valence-electron chi connectivity index (χ4n) is 2.06. The third-order valence-corrected chi connectivity index (χ3v) is 2.75. The molecular weight excluding hydrogens is 242 g/mol. The molecule has 0 saturated carbocycles. The van der Waals surface area contributed by atoms with E-state index in [1.165, 1.54) is 0 Å². The van der Waals surface area contributed by atoms with Gasteiger partial charge in [-0.2, -0.15) is 4.39 Å². The number of carbonyl (C=O) groups excluding carboxylic acids is 1. The van der Waals surface area contributed by atoms with E-state index in [2.05, 4.69) is 4.98 Å². The van der Waals surface area contributed by atoms with Crippen LogP contribution in [0.25, 0.3) is 0 Å². The van der Waals surface area contributed by atoms with Crippen LogP contribution in [0, 0.1) is 11.8 Å². The van der Waals surface area contributed by atoms with Gasteiger partial charge in [-0.05, 0) is 19.9 Å². The first kappa shape index (κ1) is 12.9. The molecule has 2 atom stereocenters. The van der Waals surface area contributed by atoms with Crippen LogP contribution in [0.2, 0.25) is 0 Å². The predicted octanol–water partition coefficient (Wildman–Crippen LogP) is 1.61. The number of hydrogen-bond acceptors (Lipinski definition) is 3. The lowest BCUT2D eigenvalue weighted by molar-refractivity contribution is -0.0586. The van der Waals surface area contributed by atoms with Crippen molar-refractivity contribution in [2.45, 2.75) is 26.1 Å². The molecule has 0 aliphatic carbocycles. The lowest BCUT2D eigenvalue weighted by Gasteiger charge is -2.35. The molecule has 1 fully saturated rings. The fourth-order valence-corrected chi connectivity index (χ4v) is 2.06. The van der Waals surface area contributed by atoms with Gasteiger partial charge in [0, 0.05) is 19.3 Å². The number of morpholine rings is 1. The molecule has 0 aromatic carbocycles. The summed E-state index contributed by atoms with van der Waals surface area (Å²) in [4.78, 5) is 16.9. The zero-order chi connectivity index (χ0) is 13.3. The van der Waals surface area contributed by atoms with Crippen molar-refractivity contribution >= 4 is 5.91 Å². The molecule has 2 heterocycles. The number of amides is 1. The fraction of sp³-hybridized carbons (Fsp3) is 0.500. The highest BCUT2D eigenvalue weighted by molar-refractivity contribution is 5.94. The molecule has 1 amide bonds. The molecule has 2 rings (SSSR count). The second-order valence-electron chi connectivity index (χ2n) is 4.46. The Bertz CT molecular complexity index is 457. The summed E-state index contributed by atoms with van der Waals surface area (Å²) in [6, 6.07) is 0.870. The van der Waals surface area contributed by atoms with Crippen molar-refractivity contribution < 1.29 is 18.3 Å². The number of halogens is 2. The van der Waals surface area contributed by atoms with Crippen LogP contribution in [0.4, 0.5) is 8.78 Å². The smallest absolute Gasteiger partial charge is 0.255 e. The van der Waals surface area contributed by atoms with Gasteiger partial charge in [0.1, 0.15) is 0 Å². The highest BCUT2D eigenvalue weighted by Gasteiger charge is 2.27. The summed E-state index contributed by atoms with van der Waals surface area (Å²) in [6.07, 6.45) is 0.901. The van der Waals surface area contributed by atoms with Crippen LogP contribution in [-0.4, -0.2) is 41.1 Å². The summed E-state index contributed by atoms with van der Waals surface area (Å²) in [7, 11) is 0. The van der Waals surface area contributed by atoms with E-state index in [-0.39, 0.29) is 23.7 Å². The van der Waals surface area contributed by atoms with Crippen molar-refractivity contribution in [1.29, 1.82) is 0 Å². The minimum Gasteiger partial charge on any atom is -0.372 e. The first-order valence-electron chi connectivity index (χ1n) is 5.73.